The summed E-state index contributed by atoms with van der Waals surface area (Å²) in [7, 11) is 0. The third-order valence-electron chi connectivity index (χ3n) is 1.24. The Morgan fingerprint density at radius 3 is 2.40 bits per heavy atom. The monoisotopic (exact) mass is 270 g/mol. The van der Waals surface area contributed by atoms with Gasteiger partial charge in [-0.1, -0.05) is 26.2 Å². The maximum atomic E-state index is 9.96. The van der Waals surface area contributed by atoms with Crippen molar-refractivity contribution in [1.29, 1.82) is 0 Å². The first-order valence-corrected chi connectivity index (χ1v) is 3.49. The molecule has 0 atom stereocenters. The number of aliphatic carboxylic acids is 1. The summed E-state index contributed by atoms with van der Waals surface area (Å²) in [5, 5.41) is 8.21. The van der Waals surface area contributed by atoms with Crippen LogP contribution in [0.3, 0.4) is 0 Å². The van der Waals surface area contributed by atoms with Crippen molar-refractivity contribution in [2.45, 2.75) is 39.0 Å². The minimum atomic E-state index is -0.675. The van der Waals surface area contributed by atoms with Gasteiger partial charge in [-0.15, -0.1) is 0 Å². The van der Waals surface area contributed by atoms with Gasteiger partial charge >= 0.3 is 54.9 Å². The molecule has 0 amide bonds. The minimum Gasteiger partial charge on any atom is -1.00 e. The van der Waals surface area contributed by atoms with Crippen molar-refractivity contribution >= 4 is 54.9 Å². The molecule has 0 aliphatic heterocycles. The van der Waals surface area contributed by atoms with Gasteiger partial charge in [0.25, 0.3) is 0 Å². The smallest absolute Gasteiger partial charge is 1.00 e. The molecular weight excluding hydrogens is 253 g/mol. The Morgan fingerprint density at radius 1 is 1.40 bits per heavy atom. The maximum Gasteiger partial charge on any atom is 2.00 e. The van der Waals surface area contributed by atoms with Crippen molar-refractivity contribution in [2.75, 3.05) is 0 Å². The van der Waals surface area contributed by atoms with Gasteiger partial charge in [-0.2, -0.15) is 0 Å². The molecule has 3 heteroatoms. The third-order valence-corrected chi connectivity index (χ3v) is 1.24. The van der Waals surface area contributed by atoms with Crippen LogP contribution in [0.2, 0.25) is 0 Å². The molecule has 0 bridgehead atoms. The Balaban J connectivity index is -0.000000107. The Hall–Kier alpha value is 1.04. The number of hydrogen-bond donors (Lipinski definition) is 1. The zero-order valence-corrected chi connectivity index (χ0v) is 11.0. The SMILES string of the molecule is CCCCCCC(=O)O.[Ba+2].[H-].[H-]. The molecule has 10 heavy (non-hydrogen) atoms. The Kier molecular flexibility index (Phi) is 13.7. The number of rotatable bonds is 5. The van der Waals surface area contributed by atoms with Crippen molar-refractivity contribution < 1.29 is 12.8 Å². The average molecular weight is 270 g/mol. The van der Waals surface area contributed by atoms with Crippen LogP contribution in [0.4, 0.5) is 0 Å². The largest absolute Gasteiger partial charge is 2.00 e. The summed E-state index contributed by atoms with van der Waals surface area (Å²) < 4.78 is 0. The van der Waals surface area contributed by atoms with Gasteiger partial charge in [0.1, 0.15) is 0 Å². The fraction of sp³-hybridized carbons (Fsp3) is 0.857. The molecule has 0 rings (SSSR count). The van der Waals surface area contributed by atoms with Gasteiger partial charge in [-0.25, -0.2) is 0 Å². The van der Waals surface area contributed by atoms with Crippen molar-refractivity contribution in [2.24, 2.45) is 0 Å². The summed E-state index contributed by atoms with van der Waals surface area (Å²) in [4.78, 5) is 9.96. The Labute approximate surface area is 105 Å². The molecule has 0 aromatic rings. The van der Waals surface area contributed by atoms with Crippen LogP contribution in [-0.2, 0) is 4.79 Å². The normalized spacial score (nSPS) is 8.50. The first-order chi connectivity index (χ1) is 4.27. The number of carboxylic acid groups (broad SMARTS) is 1. The topological polar surface area (TPSA) is 37.3 Å². The molecule has 0 aliphatic rings. The van der Waals surface area contributed by atoms with Gasteiger partial charge in [-0.05, 0) is 6.42 Å². The van der Waals surface area contributed by atoms with Crippen molar-refractivity contribution in [3.05, 3.63) is 0 Å². The fourth-order valence-electron chi connectivity index (χ4n) is 0.703. The van der Waals surface area contributed by atoms with E-state index in [4.69, 9.17) is 5.11 Å². The van der Waals surface area contributed by atoms with Gasteiger partial charge in [-0.3, -0.25) is 4.79 Å². The van der Waals surface area contributed by atoms with Gasteiger partial charge < -0.3 is 7.96 Å². The standard InChI is InChI=1S/C7H14O2.Ba.2H/c1-2-3-4-5-6-7(8)9;;;/h2-6H2,1H3,(H,8,9);;;/q;+2;2*-1. The van der Waals surface area contributed by atoms with E-state index in [0.29, 0.717) is 6.42 Å². The van der Waals surface area contributed by atoms with Crippen molar-refractivity contribution in [3.63, 3.8) is 0 Å². The van der Waals surface area contributed by atoms with Crippen LogP contribution in [0.25, 0.3) is 0 Å². The fourth-order valence-corrected chi connectivity index (χ4v) is 0.703. The quantitative estimate of drug-likeness (QED) is 0.611. The number of unbranched alkanes of at least 4 members (excludes halogenated alkanes) is 3. The van der Waals surface area contributed by atoms with Gasteiger partial charge in [0, 0.05) is 6.42 Å². The van der Waals surface area contributed by atoms with E-state index >= 15 is 0 Å². The number of carbonyl (C=O) groups is 1. The second-order valence-corrected chi connectivity index (χ2v) is 2.20. The van der Waals surface area contributed by atoms with Crippen LogP contribution in [0.15, 0.2) is 0 Å². The summed E-state index contributed by atoms with van der Waals surface area (Å²) >= 11 is 0. The first kappa shape index (κ1) is 13.6. The zero-order valence-electron chi connectivity index (χ0n) is 8.60. The van der Waals surface area contributed by atoms with E-state index in [0.717, 1.165) is 19.3 Å². The third kappa shape index (κ3) is 11.8. The van der Waals surface area contributed by atoms with Crippen molar-refractivity contribution in [3.8, 4) is 0 Å². The zero-order chi connectivity index (χ0) is 7.11. The molecule has 0 aromatic carbocycles. The summed E-state index contributed by atoms with van der Waals surface area (Å²) in [6, 6.07) is 0. The van der Waals surface area contributed by atoms with E-state index in [1.807, 2.05) is 0 Å². The Morgan fingerprint density at radius 2 is 2.00 bits per heavy atom. The molecule has 0 spiro atoms. The van der Waals surface area contributed by atoms with E-state index in [1.54, 1.807) is 0 Å². The predicted molar refractivity (Wildman–Crippen MR) is 44.4 cm³/mol. The number of carboxylic acids is 1. The molecule has 0 fully saturated rings. The summed E-state index contributed by atoms with van der Waals surface area (Å²) in [5.74, 6) is -0.675. The van der Waals surface area contributed by atoms with Crippen LogP contribution in [0.1, 0.15) is 41.9 Å². The van der Waals surface area contributed by atoms with Gasteiger partial charge in [0.15, 0.2) is 0 Å². The predicted octanol–water partition coefficient (Wildman–Crippen LogP) is 1.89. The first-order valence-electron chi connectivity index (χ1n) is 3.49. The molecule has 0 aliphatic carbocycles. The van der Waals surface area contributed by atoms with Gasteiger partial charge in [0.05, 0.1) is 0 Å². The molecule has 1 N–H and O–H groups in total. The molecule has 2 nitrogen and oxygen atoms in total. The van der Waals surface area contributed by atoms with E-state index in [2.05, 4.69) is 6.92 Å². The molecule has 0 saturated carbocycles. The summed E-state index contributed by atoms with van der Waals surface area (Å²) in [5.41, 5.74) is 0. The van der Waals surface area contributed by atoms with Crippen LogP contribution >= 0.6 is 0 Å². The molecule has 0 heterocycles. The molecule has 58 valence electrons. The van der Waals surface area contributed by atoms with Crippen LogP contribution in [-0.4, -0.2) is 60.0 Å². The van der Waals surface area contributed by atoms with Crippen LogP contribution in [0.5, 0.6) is 0 Å². The number of hydrogen-bond acceptors (Lipinski definition) is 1. The minimum absolute atomic E-state index is 0. The molecule has 0 saturated heterocycles. The molecule has 0 unspecified atom stereocenters. The second-order valence-electron chi connectivity index (χ2n) is 2.20. The van der Waals surface area contributed by atoms with Crippen LogP contribution in [0, 0.1) is 0 Å². The molecule has 0 radical (unpaired) electrons. The van der Waals surface area contributed by atoms with Crippen molar-refractivity contribution in [1.82, 2.24) is 0 Å². The van der Waals surface area contributed by atoms with E-state index in [-0.39, 0.29) is 51.7 Å². The Bertz CT molecular complexity index is 91.5. The molecule has 0 aromatic heterocycles. The average Bonchev–Trinajstić information content (AvgIpc) is 1.80. The van der Waals surface area contributed by atoms with E-state index < -0.39 is 5.97 Å². The summed E-state index contributed by atoms with van der Waals surface area (Å²) in [6.45, 7) is 2.11. The van der Waals surface area contributed by atoms with Gasteiger partial charge in [0.2, 0.25) is 0 Å². The van der Waals surface area contributed by atoms with Crippen LogP contribution < -0.4 is 0 Å². The summed E-state index contributed by atoms with van der Waals surface area (Å²) in [6.07, 6.45) is 4.55. The second kappa shape index (κ2) is 10.0. The maximum absolute atomic E-state index is 9.96. The van der Waals surface area contributed by atoms with E-state index in [1.165, 1.54) is 6.42 Å². The molecular formula is C7H16BaO2. The van der Waals surface area contributed by atoms with E-state index in [9.17, 15) is 4.79 Å².